The highest BCUT2D eigenvalue weighted by Gasteiger charge is 2.32. The topological polar surface area (TPSA) is 90.0 Å². The van der Waals surface area contributed by atoms with Gasteiger partial charge in [0.1, 0.15) is 0 Å². The second-order valence-electron chi connectivity index (χ2n) is 5.60. The van der Waals surface area contributed by atoms with Crippen molar-refractivity contribution >= 4 is 33.6 Å². The van der Waals surface area contributed by atoms with E-state index in [1.807, 2.05) is 0 Å². The van der Waals surface area contributed by atoms with Crippen LogP contribution in [-0.4, -0.2) is 50.5 Å². The van der Waals surface area contributed by atoms with Crippen LogP contribution in [0.1, 0.15) is 29.6 Å². The molecular formula is C15H16ClNO6S. The average molecular weight is 374 g/mol. The maximum atomic E-state index is 12.6. The molecule has 1 atom stereocenters. The summed E-state index contributed by atoms with van der Waals surface area (Å²) < 4.78 is 36.3. The first-order valence-electron chi connectivity index (χ1n) is 7.57. The van der Waals surface area contributed by atoms with Gasteiger partial charge in [0.25, 0.3) is 0 Å². The van der Waals surface area contributed by atoms with Gasteiger partial charge in [0.2, 0.25) is 16.1 Å². The van der Waals surface area contributed by atoms with Crippen molar-refractivity contribution in [2.45, 2.75) is 30.3 Å². The van der Waals surface area contributed by atoms with Gasteiger partial charge in [0.05, 0.1) is 22.1 Å². The van der Waals surface area contributed by atoms with Gasteiger partial charge in [-0.15, -0.1) is 0 Å². The highest BCUT2D eigenvalue weighted by atomic mass is 35.5. The van der Waals surface area contributed by atoms with Crippen molar-refractivity contribution in [1.82, 2.24) is 4.31 Å². The number of esters is 2. The summed E-state index contributed by atoms with van der Waals surface area (Å²) in [6, 6.07) is 3.89. The predicted octanol–water partition coefficient (Wildman–Crippen LogP) is 1.60. The van der Waals surface area contributed by atoms with Gasteiger partial charge in [-0.2, -0.15) is 4.31 Å². The van der Waals surface area contributed by atoms with Crippen molar-refractivity contribution in [1.29, 1.82) is 0 Å². The SMILES string of the molecule is O=C(O[C@H]1CCOC1=O)c1cc(S(=O)(=O)N2CCCC2)ccc1Cl. The Bertz CT molecular complexity index is 772. The Hall–Kier alpha value is -1.64. The lowest BCUT2D eigenvalue weighted by molar-refractivity contribution is -0.145. The molecule has 0 unspecified atom stereocenters. The van der Waals surface area contributed by atoms with Crippen molar-refractivity contribution in [2.75, 3.05) is 19.7 Å². The Kier molecular flexibility index (Phi) is 4.80. The minimum absolute atomic E-state index is 0.0188. The molecule has 0 aliphatic carbocycles. The normalized spacial score (nSPS) is 21.7. The van der Waals surface area contributed by atoms with E-state index >= 15 is 0 Å². The first-order chi connectivity index (χ1) is 11.4. The smallest absolute Gasteiger partial charge is 0.347 e. The first kappa shape index (κ1) is 17.2. The second kappa shape index (κ2) is 6.70. The fraction of sp³-hybridized carbons (Fsp3) is 0.467. The summed E-state index contributed by atoms with van der Waals surface area (Å²) in [5, 5.41) is 0.0618. The monoisotopic (exact) mass is 373 g/mol. The Morgan fingerprint density at radius 2 is 2.00 bits per heavy atom. The predicted molar refractivity (Wildman–Crippen MR) is 84.2 cm³/mol. The zero-order valence-corrected chi connectivity index (χ0v) is 14.3. The van der Waals surface area contributed by atoms with Crippen LogP contribution < -0.4 is 0 Å². The summed E-state index contributed by atoms with van der Waals surface area (Å²) in [4.78, 5) is 23.6. The van der Waals surface area contributed by atoms with E-state index in [1.165, 1.54) is 22.5 Å². The lowest BCUT2D eigenvalue weighted by Crippen LogP contribution is -2.28. The fourth-order valence-corrected chi connectivity index (χ4v) is 4.41. The van der Waals surface area contributed by atoms with E-state index in [4.69, 9.17) is 21.1 Å². The second-order valence-corrected chi connectivity index (χ2v) is 7.95. The van der Waals surface area contributed by atoms with Crippen LogP contribution in [-0.2, 0) is 24.3 Å². The maximum Gasteiger partial charge on any atom is 0.347 e. The molecule has 2 fully saturated rings. The molecule has 0 radical (unpaired) electrons. The minimum Gasteiger partial charge on any atom is -0.463 e. The molecule has 0 N–H and O–H groups in total. The summed E-state index contributed by atoms with van der Waals surface area (Å²) in [5.74, 6) is -1.46. The van der Waals surface area contributed by atoms with Gasteiger partial charge in [-0.25, -0.2) is 18.0 Å². The summed E-state index contributed by atoms with van der Waals surface area (Å²) in [6.45, 7) is 1.10. The third-order valence-electron chi connectivity index (χ3n) is 4.00. The third kappa shape index (κ3) is 3.26. The van der Waals surface area contributed by atoms with Crippen LogP contribution in [0, 0.1) is 0 Å². The maximum absolute atomic E-state index is 12.6. The first-order valence-corrected chi connectivity index (χ1v) is 9.39. The van der Waals surface area contributed by atoms with E-state index in [1.54, 1.807) is 0 Å². The Morgan fingerprint density at radius 3 is 2.62 bits per heavy atom. The average Bonchev–Trinajstić information content (AvgIpc) is 3.20. The van der Waals surface area contributed by atoms with E-state index in [0.29, 0.717) is 13.1 Å². The number of hydrogen-bond acceptors (Lipinski definition) is 6. The molecule has 0 aromatic heterocycles. The molecule has 1 aromatic carbocycles. The largest absolute Gasteiger partial charge is 0.463 e. The highest BCUT2D eigenvalue weighted by molar-refractivity contribution is 7.89. The number of rotatable bonds is 4. The van der Waals surface area contributed by atoms with Gasteiger partial charge in [0, 0.05) is 19.5 Å². The van der Waals surface area contributed by atoms with Crippen LogP contribution in [0.4, 0.5) is 0 Å². The molecule has 0 spiro atoms. The standard InChI is InChI=1S/C15H16ClNO6S/c16-12-4-3-10(24(20,21)17-6-1-2-7-17)9-11(12)14(18)23-13-5-8-22-15(13)19/h3-4,9,13H,1-2,5-8H2/t13-/m0/s1. The lowest BCUT2D eigenvalue weighted by atomic mass is 10.2. The Morgan fingerprint density at radius 1 is 1.29 bits per heavy atom. The molecule has 0 bridgehead atoms. The highest BCUT2D eigenvalue weighted by Crippen LogP contribution is 2.26. The number of sulfonamides is 1. The molecule has 7 nitrogen and oxygen atoms in total. The number of carbonyl (C=O) groups is 2. The third-order valence-corrected chi connectivity index (χ3v) is 6.22. The molecule has 2 aliphatic heterocycles. The number of cyclic esters (lactones) is 1. The lowest BCUT2D eigenvalue weighted by Gasteiger charge is -2.16. The van der Waals surface area contributed by atoms with E-state index in [9.17, 15) is 18.0 Å². The number of nitrogens with zero attached hydrogens (tertiary/aromatic N) is 1. The fourth-order valence-electron chi connectivity index (χ4n) is 2.68. The summed E-state index contributed by atoms with van der Waals surface area (Å²) in [6.07, 6.45) is 0.915. The minimum atomic E-state index is -3.67. The van der Waals surface area contributed by atoms with E-state index in [0.717, 1.165) is 12.8 Å². The molecule has 0 saturated carbocycles. The van der Waals surface area contributed by atoms with Gasteiger partial charge in [-0.3, -0.25) is 0 Å². The molecule has 3 rings (SSSR count). The van der Waals surface area contributed by atoms with Gasteiger partial charge >= 0.3 is 11.9 Å². The summed E-state index contributed by atoms with van der Waals surface area (Å²) in [7, 11) is -3.67. The zero-order chi connectivity index (χ0) is 17.3. The van der Waals surface area contributed by atoms with Crippen LogP contribution in [0.25, 0.3) is 0 Å². The molecule has 24 heavy (non-hydrogen) atoms. The van der Waals surface area contributed by atoms with E-state index < -0.39 is 28.1 Å². The molecule has 9 heteroatoms. The summed E-state index contributed by atoms with van der Waals surface area (Å²) >= 11 is 6.00. The quantitative estimate of drug-likeness (QED) is 0.744. The number of ether oxygens (including phenoxy) is 2. The van der Waals surface area contributed by atoms with Gasteiger partial charge in [-0.05, 0) is 31.0 Å². The molecule has 130 valence electrons. The Labute approximate surface area is 144 Å². The van der Waals surface area contributed by atoms with Gasteiger partial charge in [0.15, 0.2) is 0 Å². The van der Waals surface area contributed by atoms with Crippen molar-refractivity contribution < 1.29 is 27.5 Å². The van der Waals surface area contributed by atoms with Gasteiger partial charge < -0.3 is 9.47 Å². The number of carbonyl (C=O) groups excluding carboxylic acids is 2. The Balaban J connectivity index is 1.86. The van der Waals surface area contributed by atoms with Crippen LogP contribution in [0.15, 0.2) is 23.1 Å². The van der Waals surface area contributed by atoms with Crippen LogP contribution >= 0.6 is 11.6 Å². The zero-order valence-electron chi connectivity index (χ0n) is 12.7. The molecule has 0 amide bonds. The van der Waals surface area contributed by atoms with Crippen molar-refractivity contribution in [3.8, 4) is 0 Å². The van der Waals surface area contributed by atoms with Crippen molar-refractivity contribution in [3.63, 3.8) is 0 Å². The van der Waals surface area contributed by atoms with E-state index in [2.05, 4.69) is 0 Å². The van der Waals surface area contributed by atoms with Crippen molar-refractivity contribution in [3.05, 3.63) is 28.8 Å². The van der Waals surface area contributed by atoms with Crippen molar-refractivity contribution in [2.24, 2.45) is 0 Å². The van der Waals surface area contributed by atoms with Gasteiger partial charge in [-0.1, -0.05) is 11.6 Å². The molecule has 2 saturated heterocycles. The number of hydrogen-bond donors (Lipinski definition) is 0. The molecule has 2 aliphatic rings. The van der Waals surface area contributed by atoms with Crippen LogP contribution in [0.5, 0.6) is 0 Å². The van der Waals surface area contributed by atoms with Crippen LogP contribution in [0.2, 0.25) is 5.02 Å². The molecule has 2 heterocycles. The van der Waals surface area contributed by atoms with Crippen LogP contribution in [0.3, 0.4) is 0 Å². The van der Waals surface area contributed by atoms with E-state index in [-0.39, 0.29) is 28.5 Å². The molecular weight excluding hydrogens is 358 g/mol. The summed E-state index contributed by atoms with van der Waals surface area (Å²) in [5.41, 5.74) is -0.0864. The number of halogens is 1. The molecule has 1 aromatic rings. The number of benzene rings is 1.